The maximum Gasteiger partial charge on any atom is 0.422 e. The summed E-state index contributed by atoms with van der Waals surface area (Å²) in [6.45, 7) is 0. The smallest absolute Gasteiger partial charge is 0.422 e. The van der Waals surface area contributed by atoms with Crippen molar-refractivity contribution < 1.29 is 26.7 Å². The molecule has 92 valence electrons. The number of nitriles is 1. The lowest BCUT2D eigenvalue weighted by atomic mass is 10.0. The van der Waals surface area contributed by atoms with Crippen LogP contribution in [-0.2, 0) is 6.18 Å². The Morgan fingerprint density at radius 2 is 2.00 bits per heavy atom. The topological polar surface area (TPSA) is 45.9 Å². The molecule has 0 saturated heterocycles. The number of pyridine rings is 1. The second kappa shape index (κ2) is 4.53. The molecule has 17 heavy (non-hydrogen) atoms. The Balaban J connectivity index is 3.67. The number of aromatic nitrogens is 1. The number of nitrogens with zero attached hydrogens (tertiary/aromatic N) is 2. The molecular formula is C9H5F5N2O. The Morgan fingerprint density at radius 1 is 1.41 bits per heavy atom. The zero-order chi connectivity index (χ0) is 13.2. The van der Waals surface area contributed by atoms with Gasteiger partial charge in [-0.3, -0.25) is 0 Å². The number of halogens is 5. The van der Waals surface area contributed by atoms with E-state index in [-0.39, 0.29) is 0 Å². The van der Waals surface area contributed by atoms with Gasteiger partial charge >= 0.3 is 6.18 Å². The molecule has 0 aliphatic carbocycles. The number of ether oxygens (including phenoxy) is 1. The summed E-state index contributed by atoms with van der Waals surface area (Å²) in [5.41, 5.74) is -3.95. The first-order valence-electron chi connectivity index (χ1n) is 4.15. The van der Waals surface area contributed by atoms with Crippen molar-refractivity contribution >= 4 is 0 Å². The van der Waals surface area contributed by atoms with Gasteiger partial charge < -0.3 is 4.74 Å². The third-order valence-corrected chi connectivity index (χ3v) is 1.90. The van der Waals surface area contributed by atoms with Gasteiger partial charge in [-0.05, 0) is 0 Å². The Kier molecular flexibility index (Phi) is 3.50. The van der Waals surface area contributed by atoms with Crippen LogP contribution in [-0.4, -0.2) is 12.1 Å². The van der Waals surface area contributed by atoms with Crippen molar-refractivity contribution in [1.29, 1.82) is 5.26 Å². The number of hydrogen-bond donors (Lipinski definition) is 0. The summed E-state index contributed by atoms with van der Waals surface area (Å²) in [5.74, 6) is -0.980. The molecule has 0 fully saturated rings. The molecule has 0 aliphatic rings. The Hall–Kier alpha value is -1.91. The SMILES string of the molecule is COc1ncc(C#N)c(C(F)F)c1C(F)(F)F. The monoisotopic (exact) mass is 252 g/mol. The van der Waals surface area contributed by atoms with E-state index in [0.717, 1.165) is 7.11 Å². The van der Waals surface area contributed by atoms with Crippen LogP contribution in [0.2, 0.25) is 0 Å². The summed E-state index contributed by atoms with van der Waals surface area (Å²) < 4.78 is 67.3. The summed E-state index contributed by atoms with van der Waals surface area (Å²) in [6.07, 6.45) is -7.90. The predicted molar refractivity (Wildman–Crippen MR) is 45.5 cm³/mol. The highest BCUT2D eigenvalue weighted by atomic mass is 19.4. The Bertz CT molecular complexity index is 464. The van der Waals surface area contributed by atoms with E-state index >= 15 is 0 Å². The minimum Gasteiger partial charge on any atom is -0.481 e. The molecule has 8 heteroatoms. The molecule has 3 nitrogen and oxygen atoms in total. The maximum absolute atomic E-state index is 12.6. The van der Waals surface area contributed by atoms with Crippen LogP contribution < -0.4 is 4.74 Å². The van der Waals surface area contributed by atoms with E-state index < -0.39 is 35.2 Å². The lowest BCUT2D eigenvalue weighted by molar-refractivity contribution is -0.141. The van der Waals surface area contributed by atoms with Crippen LogP contribution in [0.15, 0.2) is 6.20 Å². The van der Waals surface area contributed by atoms with E-state index in [9.17, 15) is 22.0 Å². The fraction of sp³-hybridized carbons (Fsp3) is 0.333. The van der Waals surface area contributed by atoms with Crippen molar-refractivity contribution in [3.05, 3.63) is 22.9 Å². The van der Waals surface area contributed by atoms with E-state index in [4.69, 9.17) is 5.26 Å². The van der Waals surface area contributed by atoms with Crippen molar-refractivity contribution in [2.24, 2.45) is 0 Å². The quantitative estimate of drug-likeness (QED) is 0.760. The second-order valence-corrected chi connectivity index (χ2v) is 2.88. The van der Waals surface area contributed by atoms with Gasteiger partial charge in [0.15, 0.2) is 0 Å². The van der Waals surface area contributed by atoms with Crippen LogP contribution >= 0.6 is 0 Å². The highest BCUT2D eigenvalue weighted by Gasteiger charge is 2.41. The first-order valence-corrected chi connectivity index (χ1v) is 4.15. The number of alkyl halides is 5. The van der Waals surface area contributed by atoms with Gasteiger partial charge in [-0.1, -0.05) is 0 Å². The van der Waals surface area contributed by atoms with Crippen LogP contribution in [0.3, 0.4) is 0 Å². The van der Waals surface area contributed by atoms with Crippen molar-refractivity contribution in [2.75, 3.05) is 7.11 Å². The van der Waals surface area contributed by atoms with E-state index in [1.165, 1.54) is 6.07 Å². The van der Waals surface area contributed by atoms with Gasteiger partial charge in [-0.2, -0.15) is 18.4 Å². The zero-order valence-electron chi connectivity index (χ0n) is 8.35. The summed E-state index contributed by atoms with van der Waals surface area (Å²) >= 11 is 0. The Labute approximate surface area is 92.4 Å². The third kappa shape index (κ3) is 2.43. The molecule has 0 atom stereocenters. The zero-order valence-corrected chi connectivity index (χ0v) is 8.35. The average molecular weight is 252 g/mol. The first kappa shape index (κ1) is 13.2. The molecule has 0 amide bonds. The van der Waals surface area contributed by atoms with Crippen LogP contribution in [0.25, 0.3) is 0 Å². The fourth-order valence-electron chi connectivity index (χ4n) is 1.25. The van der Waals surface area contributed by atoms with Crippen LogP contribution in [0, 0.1) is 11.3 Å². The normalized spacial score (nSPS) is 11.4. The molecule has 0 unspecified atom stereocenters. The van der Waals surface area contributed by atoms with Gasteiger partial charge in [0.1, 0.15) is 11.6 Å². The summed E-state index contributed by atoms with van der Waals surface area (Å²) in [6, 6.07) is 1.24. The van der Waals surface area contributed by atoms with Crippen LogP contribution in [0.5, 0.6) is 5.88 Å². The molecule has 1 rings (SSSR count). The van der Waals surface area contributed by atoms with E-state index in [1.54, 1.807) is 0 Å². The molecule has 0 bridgehead atoms. The fourth-order valence-corrected chi connectivity index (χ4v) is 1.25. The Morgan fingerprint density at radius 3 is 2.35 bits per heavy atom. The van der Waals surface area contributed by atoms with Gasteiger partial charge in [0, 0.05) is 6.20 Å². The summed E-state index contributed by atoms with van der Waals surface area (Å²) in [5, 5.41) is 8.49. The lowest BCUT2D eigenvalue weighted by Crippen LogP contribution is -2.14. The first-order chi connectivity index (χ1) is 7.82. The molecule has 0 saturated carbocycles. The van der Waals surface area contributed by atoms with Crippen LogP contribution in [0.4, 0.5) is 22.0 Å². The molecule has 0 aromatic carbocycles. The van der Waals surface area contributed by atoms with Crippen molar-refractivity contribution in [2.45, 2.75) is 12.6 Å². The molecule has 0 radical (unpaired) electrons. The summed E-state index contributed by atoms with van der Waals surface area (Å²) in [4.78, 5) is 3.18. The van der Waals surface area contributed by atoms with Crippen molar-refractivity contribution in [1.82, 2.24) is 4.98 Å². The molecule has 1 heterocycles. The molecule has 0 N–H and O–H groups in total. The minimum absolute atomic E-state index is 0.621. The molecule has 1 aromatic rings. The van der Waals surface area contributed by atoms with Crippen molar-refractivity contribution in [3.8, 4) is 11.9 Å². The molecule has 0 aliphatic heterocycles. The van der Waals surface area contributed by atoms with E-state index in [2.05, 4.69) is 9.72 Å². The van der Waals surface area contributed by atoms with E-state index in [0.29, 0.717) is 6.20 Å². The molecule has 1 aromatic heterocycles. The molecular weight excluding hydrogens is 247 g/mol. The second-order valence-electron chi connectivity index (χ2n) is 2.88. The number of methoxy groups -OCH3 is 1. The standard InChI is InChI=1S/C9H5F5N2O/c1-17-8-6(9(12,13)14)5(7(10)11)4(2-15)3-16-8/h3,7H,1H3. The van der Waals surface area contributed by atoms with Crippen LogP contribution in [0.1, 0.15) is 23.1 Å². The average Bonchev–Trinajstić information content (AvgIpc) is 2.25. The van der Waals surface area contributed by atoms with Gasteiger partial charge in [0.2, 0.25) is 5.88 Å². The highest BCUT2D eigenvalue weighted by Crippen LogP contribution is 2.42. The van der Waals surface area contributed by atoms with E-state index in [1.807, 2.05) is 0 Å². The number of hydrogen-bond acceptors (Lipinski definition) is 3. The third-order valence-electron chi connectivity index (χ3n) is 1.90. The maximum atomic E-state index is 12.6. The van der Waals surface area contributed by atoms with Crippen molar-refractivity contribution in [3.63, 3.8) is 0 Å². The predicted octanol–water partition coefficient (Wildman–Crippen LogP) is 2.92. The lowest BCUT2D eigenvalue weighted by Gasteiger charge is -2.15. The largest absolute Gasteiger partial charge is 0.481 e. The van der Waals surface area contributed by atoms with Gasteiger partial charge in [-0.15, -0.1) is 0 Å². The summed E-state index contributed by atoms with van der Waals surface area (Å²) in [7, 11) is 0.874. The van der Waals surface area contributed by atoms with Gasteiger partial charge in [0.05, 0.1) is 18.2 Å². The van der Waals surface area contributed by atoms with Gasteiger partial charge in [0.25, 0.3) is 6.43 Å². The van der Waals surface area contributed by atoms with Gasteiger partial charge in [-0.25, -0.2) is 13.8 Å². The minimum atomic E-state index is -5.07. The number of rotatable bonds is 2. The highest BCUT2D eigenvalue weighted by molar-refractivity contribution is 5.47. The molecule has 0 spiro atoms.